The van der Waals surface area contributed by atoms with E-state index < -0.39 is 12.2 Å². The summed E-state index contributed by atoms with van der Waals surface area (Å²) in [7, 11) is 0. The molecule has 1 fully saturated rings. The first-order valence-electron chi connectivity index (χ1n) is 6.88. The normalized spacial score (nSPS) is 19.2. The number of fused-ring (bicyclic) bond motifs is 1. The van der Waals surface area contributed by atoms with E-state index in [4.69, 9.17) is 5.11 Å². The fraction of sp³-hybridized carbons (Fsp3) is 0.400. The van der Waals surface area contributed by atoms with E-state index in [2.05, 4.69) is 4.98 Å². The molecule has 3 N–H and O–H groups in total. The Morgan fingerprint density at radius 2 is 2.00 bits per heavy atom. The standard InChI is InChI=1S/C15H18N2O3/c18-14(17-7-5-10(6-8-17)15(19)20)13-9-11-3-1-2-4-12(11)16-13/h1-4,9-10,14,16,18H,5-8H2,(H,19,20). The molecule has 3 rings (SSSR count). The average Bonchev–Trinajstić information content (AvgIpc) is 2.90. The first-order valence-corrected chi connectivity index (χ1v) is 6.88. The van der Waals surface area contributed by atoms with E-state index in [-0.39, 0.29) is 5.92 Å². The molecule has 1 aliphatic rings. The van der Waals surface area contributed by atoms with Gasteiger partial charge in [0, 0.05) is 18.6 Å². The van der Waals surface area contributed by atoms with Gasteiger partial charge in [-0.15, -0.1) is 0 Å². The van der Waals surface area contributed by atoms with Gasteiger partial charge in [-0.05, 0) is 30.4 Å². The van der Waals surface area contributed by atoms with Crippen LogP contribution in [0.2, 0.25) is 0 Å². The number of rotatable bonds is 3. The molecule has 1 aromatic heterocycles. The molecule has 1 saturated heterocycles. The fourth-order valence-electron chi connectivity index (χ4n) is 2.82. The van der Waals surface area contributed by atoms with Crippen molar-refractivity contribution < 1.29 is 15.0 Å². The number of carboxylic acids is 1. The number of likely N-dealkylation sites (tertiary alicyclic amines) is 1. The van der Waals surface area contributed by atoms with Crippen LogP contribution in [0.1, 0.15) is 24.8 Å². The van der Waals surface area contributed by atoms with Gasteiger partial charge in [0.1, 0.15) is 6.23 Å². The van der Waals surface area contributed by atoms with Gasteiger partial charge in [-0.1, -0.05) is 18.2 Å². The molecule has 0 radical (unpaired) electrons. The highest BCUT2D eigenvalue weighted by atomic mass is 16.4. The molecule has 5 heteroatoms. The van der Waals surface area contributed by atoms with Crippen molar-refractivity contribution >= 4 is 16.9 Å². The quantitative estimate of drug-likeness (QED) is 0.799. The van der Waals surface area contributed by atoms with E-state index in [1.54, 1.807) is 0 Å². The highest BCUT2D eigenvalue weighted by molar-refractivity contribution is 5.80. The number of aliphatic carboxylic acids is 1. The largest absolute Gasteiger partial charge is 0.481 e. The SMILES string of the molecule is O=C(O)C1CCN(C(O)c2cc3ccccc3[nH]2)CC1. The number of aromatic nitrogens is 1. The molecule has 0 saturated carbocycles. The highest BCUT2D eigenvalue weighted by Crippen LogP contribution is 2.27. The Hall–Kier alpha value is -1.85. The minimum Gasteiger partial charge on any atom is -0.481 e. The fourth-order valence-corrected chi connectivity index (χ4v) is 2.82. The first-order chi connectivity index (χ1) is 9.65. The van der Waals surface area contributed by atoms with Gasteiger partial charge >= 0.3 is 5.97 Å². The maximum absolute atomic E-state index is 10.9. The second-order valence-electron chi connectivity index (χ2n) is 5.33. The summed E-state index contributed by atoms with van der Waals surface area (Å²) in [5, 5.41) is 20.5. The van der Waals surface area contributed by atoms with Crippen LogP contribution < -0.4 is 0 Å². The molecule has 20 heavy (non-hydrogen) atoms. The number of carbonyl (C=O) groups is 1. The number of aromatic amines is 1. The van der Waals surface area contributed by atoms with Gasteiger partial charge in [-0.2, -0.15) is 0 Å². The van der Waals surface area contributed by atoms with Crippen LogP contribution in [0.25, 0.3) is 10.9 Å². The third kappa shape index (κ3) is 2.42. The Labute approximate surface area is 116 Å². The Balaban J connectivity index is 1.73. The summed E-state index contributed by atoms with van der Waals surface area (Å²) in [6, 6.07) is 9.84. The third-order valence-electron chi connectivity index (χ3n) is 4.05. The molecule has 0 aliphatic carbocycles. The summed E-state index contributed by atoms with van der Waals surface area (Å²) in [6.07, 6.45) is 0.483. The zero-order valence-corrected chi connectivity index (χ0v) is 11.1. The van der Waals surface area contributed by atoms with E-state index in [1.165, 1.54) is 0 Å². The van der Waals surface area contributed by atoms with Crippen molar-refractivity contribution in [3.63, 3.8) is 0 Å². The number of H-pyrrole nitrogens is 1. The number of aliphatic hydroxyl groups is 1. The first kappa shape index (κ1) is 13.1. The molecule has 0 spiro atoms. The maximum Gasteiger partial charge on any atom is 0.306 e. The second kappa shape index (κ2) is 5.26. The zero-order chi connectivity index (χ0) is 14.1. The molecule has 0 amide bonds. The number of carboxylic acid groups (broad SMARTS) is 1. The van der Waals surface area contributed by atoms with Crippen molar-refractivity contribution in [1.29, 1.82) is 0 Å². The second-order valence-corrected chi connectivity index (χ2v) is 5.33. The van der Waals surface area contributed by atoms with Gasteiger partial charge in [0.15, 0.2) is 0 Å². The Morgan fingerprint density at radius 3 is 2.65 bits per heavy atom. The smallest absolute Gasteiger partial charge is 0.306 e. The van der Waals surface area contributed by atoms with E-state index >= 15 is 0 Å². The number of aliphatic hydroxyl groups excluding tert-OH is 1. The van der Waals surface area contributed by atoms with E-state index in [1.807, 2.05) is 35.2 Å². The van der Waals surface area contributed by atoms with E-state index in [9.17, 15) is 9.90 Å². The van der Waals surface area contributed by atoms with Crippen LogP contribution in [0.15, 0.2) is 30.3 Å². The molecular weight excluding hydrogens is 256 g/mol. The van der Waals surface area contributed by atoms with Crippen LogP contribution in [0.3, 0.4) is 0 Å². The van der Waals surface area contributed by atoms with Gasteiger partial charge in [-0.3, -0.25) is 9.69 Å². The van der Waals surface area contributed by atoms with Crippen molar-refractivity contribution in [2.75, 3.05) is 13.1 Å². The number of benzene rings is 1. The molecule has 0 bridgehead atoms. The third-order valence-corrected chi connectivity index (χ3v) is 4.05. The van der Waals surface area contributed by atoms with Crippen LogP contribution in [0, 0.1) is 5.92 Å². The van der Waals surface area contributed by atoms with Crippen molar-refractivity contribution in [2.45, 2.75) is 19.1 Å². The topological polar surface area (TPSA) is 76.6 Å². The lowest BCUT2D eigenvalue weighted by Gasteiger charge is -2.33. The molecule has 5 nitrogen and oxygen atoms in total. The molecule has 2 aromatic rings. The summed E-state index contributed by atoms with van der Waals surface area (Å²) in [4.78, 5) is 16.1. The predicted octanol–water partition coefficient (Wildman–Crippen LogP) is 1.96. The summed E-state index contributed by atoms with van der Waals surface area (Å²) in [6.45, 7) is 1.21. The monoisotopic (exact) mass is 274 g/mol. The molecule has 1 aliphatic heterocycles. The van der Waals surface area contributed by atoms with Crippen LogP contribution in [0.4, 0.5) is 0 Å². The number of hydrogen-bond acceptors (Lipinski definition) is 3. The Kier molecular flexibility index (Phi) is 3.46. The predicted molar refractivity (Wildman–Crippen MR) is 75.2 cm³/mol. The Bertz CT molecular complexity index is 581. The van der Waals surface area contributed by atoms with Gasteiger partial charge in [0.25, 0.3) is 0 Å². The van der Waals surface area contributed by atoms with Crippen LogP contribution >= 0.6 is 0 Å². The van der Waals surface area contributed by atoms with Crippen LogP contribution in [-0.2, 0) is 4.79 Å². The van der Waals surface area contributed by atoms with E-state index in [0.29, 0.717) is 25.9 Å². The van der Waals surface area contributed by atoms with E-state index in [0.717, 1.165) is 16.6 Å². The summed E-state index contributed by atoms with van der Waals surface area (Å²) in [5.41, 5.74) is 1.77. The number of piperidine rings is 1. The lowest BCUT2D eigenvalue weighted by atomic mass is 9.97. The maximum atomic E-state index is 10.9. The molecule has 2 heterocycles. The Morgan fingerprint density at radius 1 is 1.30 bits per heavy atom. The zero-order valence-electron chi connectivity index (χ0n) is 11.1. The number of hydrogen-bond donors (Lipinski definition) is 3. The van der Waals surface area contributed by atoms with Crippen LogP contribution in [0.5, 0.6) is 0 Å². The summed E-state index contributed by atoms with van der Waals surface area (Å²) in [5.74, 6) is -1.01. The van der Waals surface area contributed by atoms with Crippen molar-refractivity contribution in [1.82, 2.24) is 9.88 Å². The summed E-state index contributed by atoms with van der Waals surface area (Å²) >= 11 is 0. The van der Waals surface area contributed by atoms with Crippen molar-refractivity contribution in [3.8, 4) is 0 Å². The molecular formula is C15H18N2O3. The van der Waals surface area contributed by atoms with Gasteiger partial charge in [0.05, 0.1) is 11.6 Å². The summed E-state index contributed by atoms with van der Waals surface area (Å²) < 4.78 is 0. The van der Waals surface area contributed by atoms with Crippen molar-refractivity contribution in [3.05, 3.63) is 36.0 Å². The molecule has 1 atom stereocenters. The number of nitrogens with zero attached hydrogens (tertiary/aromatic N) is 1. The van der Waals surface area contributed by atoms with Crippen LogP contribution in [-0.4, -0.2) is 39.2 Å². The molecule has 106 valence electrons. The lowest BCUT2D eigenvalue weighted by Crippen LogP contribution is -2.38. The average molecular weight is 274 g/mol. The lowest BCUT2D eigenvalue weighted by molar-refractivity contribution is -0.144. The van der Waals surface area contributed by atoms with Gasteiger partial charge < -0.3 is 15.2 Å². The minimum atomic E-state index is -0.732. The number of para-hydroxylation sites is 1. The number of nitrogens with one attached hydrogen (secondary N) is 1. The molecule has 1 unspecified atom stereocenters. The minimum absolute atomic E-state index is 0.277. The molecule has 1 aromatic carbocycles. The van der Waals surface area contributed by atoms with Gasteiger partial charge in [-0.25, -0.2) is 0 Å². The van der Waals surface area contributed by atoms with Gasteiger partial charge in [0.2, 0.25) is 0 Å². The highest BCUT2D eigenvalue weighted by Gasteiger charge is 2.28. The van der Waals surface area contributed by atoms with Crippen molar-refractivity contribution in [2.24, 2.45) is 5.92 Å².